The molecule has 1 aromatic heterocycles. The van der Waals surface area contributed by atoms with E-state index in [0.29, 0.717) is 18.7 Å². The molecule has 28 heavy (non-hydrogen) atoms. The quantitative estimate of drug-likeness (QED) is 0.686. The van der Waals surface area contributed by atoms with Gasteiger partial charge in [-0.3, -0.25) is 9.69 Å². The lowest BCUT2D eigenvalue weighted by molar-refractivity contribution is -0.133. The van der Waals surface area contributed by atoms with Gasteiger partial charge in [0.1, 0.15) is 5.76 Å². The van der Waals surface area contributed by atoms with Gasteiger partial charge in [-0.05, 0) is 49.6 Å². The number of nitrogens with zero attached hydrogens (tertiary/aromatic N) is 2. The minimum absolute atomic E-state index is 0.108. The molecule has 0 radical (unpaired) electrons. The molecule has 152 valence electrons. The Labute approximate surface area is 163 Å². The average Bonchev–Trinajstić information content (AvgIpc) is 3.37. The molecule has 1 amide bonds. The maximum Gasteiger partial charge on any atom is 0.237 e. The Bertz CT molecular complexity index is 776. The molecule has 1 saturated heterocycles. The SMILES string of the molecule is CC(c1ccc(F)c(F)c1)N(C)C(=O)CN(Cc1ccco1)CC1CCCO1. The van der Waals surface area contributed by atoms with Gasteiger partial charge in [0.2, 0.25) is 5.91 Å². The van der Waals surface area contributed by atoms with Crippen molar-refractivity contribution in [2.45, 2.75) is 38.5 Å². The molecule has 7 heteroatoms. The summed E-state index contributed by atoms with van der Waals surface area (Å²) in [4.78, 5) is 16.4. The molecule has 0 spiro atoms. The van der Waals surface area contributed by atoms with E-state index in [9.17, 15) is 13.6 Å². The van der Waals surface area contributed by atoms with Gasteiger partial charge in [0, 0.05) is 20.2 Å². The zero-order chi connectivity index (χ0) is 20.1. The molecule has 2 atom stereocenters. The summed E-state index contributed by atoms with van der Waals surface area (Å²) in [6.07, 6.45) is 3.72. The molecule has 1 aliphatic heterocycles. The molecule has 0 saturated carbocycles. The van der Waals surface area contributed by atoms with E-state index in [2.05, 4.69) is 0 Å². The Morgan fingerprint density at radius 3 is 2.75 bits per heavy atom. The summed E-state index contributed by atoms with van der Waals surface area (Å²) in [6, 6.07) is 7.03. The molecule has 2 unspecified atom stereocenters. The van der Waals surface area contributed by atoms with Gasteiger partial charge in [-0.15, -0.1) is 0 Å². The average molecular weight is 392 g/mol. The van der Waals surface area contributed by atoms with Gasteiger partial charge in [0.25, 0.3) is 0 Å². The van der Waals surface area contributed by atoms with E-state index < -0.39 is 11.6 Å². The van der Waals surface area contributed by atoms with Gasteiger partial charge in [-0.25, -0.2) is 8.78 Å². The standard InChI is InChI=1S/C21H26F2N2O3/c1-15(16-7-8-19(22)20(23)11-16)24(2)21(26)14-25(12-17-5-3-9-27-17)13-18-6-4-10-28-18/h3,5,7-9,11,15,18H,4,6,10,12-14H2,1-2H3. The van der Waals surface area contributed by atoms with Crippen LogP contribution < -0.4 is 0 Å². The number of halogens is 2. The summed E-state index contributed by atoms with van der Waals surface area (Å²) < 4.78 is 37.9. The molecule has 2 aromatic rings. The summed E-state index contributed by atoms with van der Waals surface area (Å²) >= 11 is 0. The first-order chi connectivity index (χ1) is 13.4. The van der Waals surface area contributed by atoms with E-state index in [1.165, 1.54) is 6.07 Å². The Morgan fingerprint density at radius 1 is 1.29 bits per heavy atom. The van der Waals surface area contributed by atoms with Crippen molar-refractivity contribution in [2.75, 3.05) is 26.7 Å². The van der Waals surface area contributed by atoms with E-state index in [0.717, 1.165) is 37.3 Å². The fourth-order valence-electron chi connectivity index (χ4n) is 3.40. The smallest absolute Gasteiger partial charge is 0.237 e. The second-order valence-corrected chi connectivity index (χ2v) is 7.24. The number of ether oxygens (including phenoxy) is 1. The number of benzene rings is 1. The molecular weight excluding hydrogens is 366 g/mol. The maximum atomic E-state index is 13.5. The van der Waals surface area contributed by atoms with Gasteiger partial charge >= 0.3 is 0 Å². The van der Waals surface area contributed by atoms with E-state index in [4.69, 9.17) is 9.15 Å². The molecule has 1 aliphatic rings. The third kappa shape index (κ3) is 5.17. The van der Waals surface area contributed by atoms with Crippen LogP contribution in [0.2, 0.25) is 0 Å². The Balaban J connectivity index is 1.65. The largest absolute Gasteiger partial charge is 0.468 e. The third-order valence-electron chi connectivity index (χ3n) is 5.20. The van der Waals surface area contributed by atoms with Crippen LogP contribution in [-0.4, -0.2) is 48.6 Å². The minimum Gasteiger partial charge on any atom is -0.468 e. The Morgan fingerprint density at radius 2 is 2.11 bits per heavy atom. The summed E-state index contributed by atoms with van der Waals surface area (Å²) in [6.45, 7) is 3.87. The fraction of sp³-hybridized carbons (Fsp3) is 0.476. The monoisotopic (exact) mass is 392 g/mol. The zero-order valence-electron chi connectivity index (χ0n) is 16.2. The van der Waals surface area contributed by atoms with Crippen molar-refractivity contribution in [3.05, 3.63) is 59.6 Å². The van der Waals surface area contributed by atoms with Gasteiger partial charge in [-0.1, -0.05) is 6.07 Å². The topological polar surface area (TPSA) is 45.9 Å². The first-order valence-corrected chi connectivity index (χ1v) is 9.51. The number of likely N-dealkylation sites (N-methyl/N-ethyl adjacent to an activating group) is 1. The van der Waals surface area contributed by atoms with Crippen molar-refractivity contribution >= 4 is 5.91 Å². The number of rotatable bonds is 8. The lowest BCUT2D eigenvalue weighted by Gasteiger charge is -2.30. The van der Waals surface area contributed by atoms with Crippen LogP contribution in [0, 0.1) is 11.6 Å². The number of furan rings is 1. The number of hydrogen-bond donors (Lipinski definition) is 0. The first-order valence-electron chi connectivity index (χ1n) is 9.51. The van der Waals surface area contributed by atoms with Crippen LogP contribution in [0.15, 0.2) is 41.0 Å². The number of amides is 1. The highest BCUT2D eigenvalue weighted by molar-refractivity contribution is 5.78. The lowest BCUT2D eigenvalue weighted by atomic mass is 10.1. The Hall–Kier alpha value is -2.25. The summed E-state index contributed by atoms with van der Waals surface area (Å²) in [5.41, 5.74) is 0.548. The molecule has 0 aliphatic carbocycles. The van der Waals surface area contributed by atoms with Crippen LogP contribution in [0.5, 0.6) is 0 Å². The highest BCUT2D eigenvalue weighted by atomic mass is 19.2. The Kier molecular flexibility index (Phi) is 6.80. The van der Waals surface area contributed by atoms with Gasteiger partial charge in [0.05, 0.1) is 31.5 Å². The number of hydrogen-bond acceptors (Lipinski definition) is 4. The molecular formula is C21H26F2N2O3. The normalized spacial score (nSPS) is 17.8. The predicted octanol–water partition coefficient (Wildman–Crippen LogP) is 3.76. The number of carbonyl (C=O) groups excluding carboxylic acids is 1. The summed E-state index contributed by atoms with van der Waals surface area (Å²) in [5.74, 6) is -1.14. The number of carbonyl (C=O) groups is 1. The molecule has 5 nitrogen and oxygen atoms in total. The van der Waals surface area contributed by atoms with E-state index in [1.807, 2.05) is 17.0 Å². The van der Waals surface area contributed by atoms with Gasteiger partial charge in [-0.2, -0.15) is 0 Å². The third-order valence-corrected chi connectivity index (χ3v) is 5.20. The van der Waals surface area contributed by atoms with Gasteiger partial charge < -0.3 is 14.1 Å². The highest BCUT2D eigenvalue weighted by Gasteiger charge is 2.25. The van der Waals surface area contributed by atoms with Gasteiger partial charge in [0.15, 0.2) is 11.6 Å². The van der Waals surface area contributed by atoms with Crippen molar-refractivity contribution in [3.63, 3.8) is 0 Å². The summed E-state index contributed by atoms with van der Waals surface area (Å²) in [7, 11) is 1.67. The van der Waals surface area contributed by atoms with E-state index in [-0.39, 0.29) is 24.6 Å². The molecule has 3 rings (SSSR count). The van der Waals surface area contributed by atoms with Crippen LogP contribution >= 0.6 is 0 Å². The van der Waals surface area contributed by atoms with Crippen LogP contribution in [0.4, 0.5) is 8.78 Å². The zero-order valence-corrected chi connectivity index (χ0v) is 16.2. The van der Waals surface area contributed by atoms with Crippen molar-refractivity contribution in [3.8, 4) is 0 Å². The van der Waals surface area contributed by atoms with Crippen molar-refractivity contribution in [1.82, 2.24) is 9.80 Å². The van der Waals surface area contributed by atoms with E-state index in [1.54, 1.807) is 25.1 Å². The van der Waals surface area contributed by atoms with Crippen molar-refractivity contribution < 1.29 is 22.7 Å². The summed E-state index contributed by atoms with van der Waals surface area (Å²) in [5, 5.41) is 0. The fourth-order valence-corrected chi connectivity index (χ4v) is 3.40. The van der Waals surface area contributed by atoms with Crippen molar-refractivity contribution in [2.24, 2.45) is 0 Å². The molecule has 1 fully saturated rings. The lowest BCUT2D eigenvalue weighted by Crippen LogP contribution is -2.42. The molecule has 0 N–H and O–H groups in total. The predicted molar refractivity (Wildman–Crippen MR) is 101 cm³/mol. The molecule has 1 aromatic carbocycles. The molecule has 2 heterocycles. The maximum absolute atomic E-state index is 13.5. The molecule has 0 bridgehead atoms. The van der Waals surface area contributed by atoms with Crippen molar-refractivity contribution in [1.29, 1.82) is 0 Å². The van der Waals surface area contributed by atoms with Crippen LogP contribution in [0.1, 0.15) is 37.1 Å². The minimum atomic E-state index is -0.914. The van der Waals surface area contributed by atoms with Crippen LogP contribution in [0.3, 0.4) is 0 Å². The van der Waals surface area contributed by atoms with E-state index >= 15 is 0 Å². The first kappa shape index (κ1) is 20.5. The van der Waals surface area contributed by atoms with Crippen LogP contribution in [0.25, 0.3) is 0 Å². The second-order valence-electron chi connectivity index (χ2n) is 7.24. The highest BCUT2D eigenvalue weighted by Crippen LogP contribution is 2.22. The second kappa shape index (κ2) is 9.30. The van der Waals surface area contributed by atoms with Crippen LogP contribution in [-0.2, 0) is 16.1 Å².